The van der Waals surface area contributed by atoms with Gasteiger partial charge < -0.3 is 10.3 Å². The van der Waals surface area contributed by atoms with Gasteiger partial charge in [0.15, 0.2) is 0 Å². The van der Waals surface area contributed by atoms with Crippen LogP contribution in [0.25, 0.3) is 21.1 Å². The number of benzene rings is 1. The zero-order chi connectivity index (χ0) is 15.8. The Morgan fingerprint density at radius 3 is 3.00 bits per heavy atom. The lowest BCUT2D eigenvalue weighted by atomic mass is 10.1. The van der Waals surface area contributed by atoms with Gasteiger partial charge in [-0.2, -0.15) is 0 Å². The molecule has 3 aromatic heterocycles. The number of fused-ring (bicyclic) bond motifs is 2. The summed E-state index contributed by atoms with van der Waals surface area (Å²) in [5, 5.41) is 8.22. The number of nitrogens with one attached hydrogen (secondary N) is 2. The van der Waals surface area contributed by atoms with Crippen LogP contribution in [0, 0.1) is 0 Å². The third-order valence-electron chi connectivity index (χ3n) is 4.26. The molecule has 4 aromatic rings. The first-order valence-corrected chi connectivity index (χ1v) is 8.69. The van der Waals surface area contributed by atoms with Gasteiger partial charge in [0.1, 0.15) is 17.8 Å². The monoisotopic (exact) mass is 322 g/mol. The molecule has 5 heteroatoms. The van der Waals surface area contributed by atoms with E-state index >= 15 is 0 Å². The SMILES string of the molecule is CCc1c[nH]c2ncnc(NC(C)c3csc4ccccc34)c12. The highest BCUT2D eigenvalue weighted by Crippen LogP contribution is 2.33. The maximum absolute atomic E-state index is 4.48. The lowest BCUT2D eigenvalue weighted by molar-refractivity contribution is 0.888. The van der Waals surface area contributed by atoms with Crippen molar-refractivity contribution in [2.24, 2.45) is 0 Å². The largest absolute Gasteiger partial charge is 0.363 e. The number of hydrogen-bond acceptors (Lipinski definition) is 4. The minimum Gasteiger partial charge on any atom is -0.363 e. The molecule has 0 spiro atoms. The Kier molecular flexibility index (Phi) is 3.50. The highest BCUT2D eigenvalue weighted by atomic mass is 32.1. The summed E-state index contributed by atoms with van der Waals surface area (Å²) in [4.78, 5) is 12.0. The number of rotatable bonds is 4. The van der Waals surface area contributed by atoms with Gasteiger partial charge in [0.25, 0.3) is 0 Å². The smallest absolute Gasteiger partial charge is 0.143 e. The van der Waals surface area contributed by atoms with Gasteiger partial charge in [-0.15, -0.1) is 11.3 Å². The third-order valence-corrected chi connectivity index (χ3v) is 5.24. The van der Waals surface area contributed by atoms with E-state index in [4.69, 9.17) is 0 Å². The van der Waals surface area contributed by atoms with Crippen LogP contribution in [0.4, 0.5) is 5.82 Å². The molecule has 0 saturated heterocycles. The van der Waals surface area contributed by atoms with E-state index in [1.807, 2.05) is 6.20 Å². The molecular formula is C18H18N4S. The predicted molar refractivity (Wildman–Crippen MR) is 97.1 cm³/mol. The van der Waals surface area contributed by atoms with Gasteiger partial charge >= 0.3 is 0 Å². The average Bonchev–Trinajstić information content (AvgIpc) is 3.19. The molecule has 0 radical (unpaired) electrons. The molecule has 23 heavy (non-hydrogen) atoms. The van der Waals surface area contributed by atoms with E-state index < -0.39 is 0 Å². The standard InChI is InChI=1S/C18H18N4S/c1-3-12-8-19-17-16(12)18(21-10-20-17)22-11(2)14-9-23-15-7-5-4-6-13(14)15/h4-11H,3H2,1-2H3,(H2,19,20,21,22). The van der Waals surface area contributed by atoms with Crippen LogP contribution in [0.1, 0.15) is 31.0 Å². The molecule has 1 aromatic carbocycles. The van der Waals surface area contributed by atoms with Crippen molar-refractivity contribution in [2.75, 3.05) is 5.32 Å². The highest BCUT2D eigenvalue weighted by Gasteiger charge is 2.15. The second-order valence-corrected chi connectivity index (χ2v) is 6.58. The van der Waals surface area contributed by atoms with Crippen molar-refractivity contribution in [2.45, 2.75) is 26.3 Å². The van der Waals surface area contributed by atoms with Gasteiger partial charge in [0.2, 0.25) is 0 Å². The van der Waals surface area contributed by atoms with E-state index in [1.165, 1.54) is 21.2 Å². The summed E-state index contributed by atoms with van der Waals surface area (Å²) in [6, 6.07) is 8.71. The van der Waals surface area contributed by atoms with E-state index in [1.54, 1.807) is 17.7 Å². The maximum Gasteiger partial charge on any atom is 0.143 e. The minimum absolute atomic E-state index is 0.184. The van der Waals surface area contributed by atoms with Gasteiger partial charge in [-0.1, -0.05) is 25.1 Å². The van der Waals surface area contributed by atoms with Crippen LogP contribution >= 0.6 is 11.3 Å². The van der Waals surface area contributed by atoms with Crippen molar-refractivity contribution in [3.8, 4) is 0 Å². The molecular weight excluding hydrogens is 304 g/mol. The predicted octanol–water partition coefficient (Wildman–Crippen LogP) is 4.91. The van der Waals surface area contributed by atoms with Crippen molar-refractivity contribution in [3.63, 3.8) is 0 Å². The molecule has 0 amide bonds. The number of H-pyrrole nitrogens is 1. The number of anilines is 1. The fraction of sp³-hybridized carbons (Fsp3) is 0.222. The van der Waals surface area contributed by atoms with Crippen LogP contribution in [0.15, 0.2) is 42.2 Å². The van der Waals surface area contributed by atoms with Crippen molar-refractivity contribution in [1.82, 2.24) is 15.0 Å². The second-order valence-electron chi connectivity index (χ2n) is 5.67. The number of aromatic nitrogens is 3. The van der Waals surface area contributed by atoms with Gasteiger partial charge in [0.05, 0.1) is 11.4 Å². The summed E-state index contributed by atoms with van der Waals surface area (Å²) >= 11 is 1.79. The van der Waals surface area contributed by atoms with Crippen molar-refractivity contribution in [3.05, 3.63) is 53.3 Å². The fourth-order valence-electron chi connectivity index (χ4n) is 3.03. The fourth-order valence-corrected chi connectivity index (χ4v) is 4.09. The number of nitrogens with zero attached hydrogens (tertiary/aromatic N) is 2. The topological polar surface area (TPSA) is 53.6 Å². The van der Waals surface area contributed by atoms with E-state index in [0.717, 1.165) is 23.3 Å². The number of aromatic amines is 1. The normalized spacial score (nSPS) is 12.8. The summed E-state index contributed by atoms with van der Waals surface area (Å²) in [6.07, 6.45) is 4.59. The Labute approximate surface area is 138 Å². The Balaban J connectivity index is 1.74. The molecule has 0 aliphatic carbocycles. The van der Waals surface area contributed by atoms with Crippen LogP contribution in [0.5, 0.6) is 0 Å². The molecule has 3 heterocycles. The van der Waals surface area contributed by atoms with E-state index in [2.05, 4.69) is 63.8 Å². The Morgan fingerprint density at radius 1 is 1.26 bits per heavy atom. The summed E-state index contributed by atoms with van der Waals surface area (Å²) in [5.41, 5.74) is 3.44. The van der Waals surface area contributed by atoms with Gasteiger partial charge in [0, 0.05) is 10.9 Å². The van der Waals surface area contributed by atoms with E-state index in [9.17, 15) is 0 Å². The molecule has 0 fully saturated rings. The van der Waals surface area contributed by atoms with Crippen LogP contribution in [0.3, 0.4) is 0 Å². The van der Waals surface area contributed by atoms with Gasteiger partial charge in [-0.3, -0.25) is 0 Å². The third kappa shape index (κ3) is 2.37. The molecule has 1 atom stereocenters. The highest BCUT2D eigenvalue weighted by molar-refractivity contribution is 7.17. The van der Waals surface area contributed by atoms with Crippen LogP contribution in [-0.2, 0) is 6.42 Å². The Hall–Kier alpha value is -2.40. The number of hydrogen-bond donors (Lipinski definition) is 2. The minimum atomic E-state index is 0.184. The summed E-state index contributed by atoms with van der Waals surface area (Å²) in [7, 11) is 0. The van der Waals surface area contributed by atoms with Crippen molar-refractivity contribution in [1.29, 1.82) is 0 Å². The van der Waals surface area contributed by atoms with E-state index in [-0.39, 0.29) is 6.04 Å². The first-order valence-electron chi connectivity index (χ1n) is 7.81. The summed E-state index contributed by atoms with van der Waals surface area (Å²) < 4.78 is 1.32. The molecule has 0 saturated carbocycles. The molecule has 0 bridgehead atoms. The molecule has 0 aliphatic heterocycles. The lowest BCUT2D eigenvalue weighted by Crippen LogP contribution is -2.08. The zero-order valence-corrected chi connectivity index (χ0v) is 13.9. The molecule has 4 rings (SSSR count). The maximum atomic E-state index is 4.48. The molecule has 4 nitrogen and oxygen atoms in total. The Morgan fingerprint density at radius 2 is 2.13 bits per heavy atom. The van der Waals surface area contributed by atoms with Crippen molar-refractivity contribution < 1.29 is 0 Å². The summed E-state index contributed by atoms with van der Waals surface area (Å²) in [5.74, 6) is 0.899. The first kappa shape index (κ1) is 14.2. The van der Waals surface area contributed by atoms with Crippen LogP contribution in [0.2, 0.25) is 0 Å². The average molecular weight is 322 g/mol. The van der Waals surface area contributed by atoms with Gasteiger partial charge in [-0.05, 0) is 41.3 Å². The first-order chi connectivity index (χ1) is 11.3. The Bertz CT molecular complexity index is 969. The van der Waals surface area contributed by atoms with Gasteiger partial charge in [-0.25, -0.2) is 9.97 Å². The molecule has 1 unspecified atom stereocenters. The molecule has 2 N–H and O–H groups in total. The summed E-state index contributed by atoms with van der Waals surface area (Å²) in [6.45, 7) is 4.33. The van der Waals surface area contributed by atoms with Crippen LogP contribution in [-0.4, -0.2) is 15.0 Å². The number of aryl methyl sites for hydroxylation is 1. The second kappa shape index (κ2) is 5.66. The molecule has 0 aliphatic rings. The van der Waals surface area contributed by atoms with Crippen LogP contribution < -0.4 is 5.32 Å². The number of thiophene rings is 1. The zero-order valence-electron chi connectivity index (χ0n) is 13.1. The lowest BCUT2D eigenvalue weighted by Gasteiger charge is -2.15. The molecule has 116 valence electrons. The van der Waals surface area contributed by atoms with E-state index in [0.29, 0.717) is 0 Å². The van der Waals surface area contributed by atoms with Crippen molar-refractivity contribution >= 4 is 38.3 Å². The quantitative estimate of drug-likeness (QED) is 0.561.